The standard InChI is InChI=1S/C19H26N4OS/c1-13-8-5-6-11-16(13)18-20-21-19(22(18)4)25-12-17(24)23-14(2)9-7-10-15(23)3/h5-6,8,11,14-15H,7,9-10,12H2,1-4H3. The van der Waals surface area contributed by atoms with Crippen molar-refractivity contribution in [2.45, 2.75) is 57.3 Å². The van der Waals surface area contributed by atoms with E-state index in [1.165, 1.54) is 23.7 Å². The van der Waals surface area contributed by atoms with E-state index in [0.717, 1.165) is 29.4 Å². The number of likely N-dealkylation sites (tertiary alicyclic amines) is 1. The van der Waals surface area contributed by atoms with Crippen LogP contribution in [-0.4, -0.2) is 43.4 Å². The molecule has 1 aromatic carbocycles. The first-order chi connectivity index (χ1) is 12.0. The zero-order chi connectivity index (χ0) is 18.0. The molecule has 134 valence electrons. The van der Waals surface area contributed by atoms with E-state index < -0.39 is 0 Å². The molecule has 6 heteroatoms. The number of aromatic nitrogens is 3. The maximum Gasteiger partial charge on any atom is 0.233 e. The lowest BCUT2D eigenvalue weighted by molar-refractivity contribution is -0.134. The van der Waals surface area contributed by atoms with Crippen LogP contribution < -0.4 is 0 Å². The highest BCUT2D eigenvalue weighted by atomic mass is 32.2. The molecule has 1 aromatic heterocycles. The van der Waals surface area contributed by atoms with Crippen LogP contribution in [0.5, 0.6) is 0 Å². The van der Waals surface area contributed by atoms with Gasteiger partial charge in [-0.25, -0.2) is 0 Å². The molecule has 1 aliphatic heterocycles. The SMILES string of the molecule is Cc1ccccc1-c1nnc(SCC(=O)N2C(C)CCCC2C)n1C. The lowest BCUT2D eigenvalue weighted by Gasteiger charge is -2.39. The van der Waals surface area contributed by atoms with Crippen LogP contribution in [0, 0.1) is 6.92 Å². The Balaban J connectivity index is 1.70. The summed E-state index contributed by atoms with van der Waals surface area (Å²) in [4.78, 5) is 14.7. The van der Waals surface area contributed by atoms with E-state index >= 15 is 0 Å². The van der Waals surface area contributed by atoms with Gasteiger partial charge in [-0.3, -0.25) is 4.79 Å². The van der Waals surface area contributed by atoms with E-state index in [0.29, 0.717) is 17.8 Å². The fraction of sp³-hybridized carbons (Fsp3) is 0.526. The van der Waals surface area contributed by atoms with Crippen LogP contribution in [0.3, 0.4) is 0 Å². The second-order valence-electron chi connectivity index (χ2n) is 6.90. The number of thioether (sulfide) groups is 1. The summed E-state index contributed by atoms with van der Waals surface area (Å²) in [6.07, 6.45) is 3.41. The van der Waals surface area contributed by atoms with Gasteiger partial charge < -0.3 is 9.47 Å². The number of carbonyl (C=O) groups excluding carboxylic acids is 1. The molecule has 1 fully saturated rings. The second-order valence-corrected chi connectivity index (χ2v) is 7.84. The third-order valence-electron chi connectivity index (χ3n) is 5.03. The fourth-order valence-electron chi connectivity index (χ4n) is 3.61. The molecule has 0 N–H and O–H groups in total. The molecule has 0 saturated carbocycles. The molecule has 3 rings (SSSR count). The molecule has 2 heterocycles. The highest BCUT2D eigenvalue weighted by molar-refractivity contribution is 7.99. The minimum Gasteiger partial charge on any atom is -0.337 e. The van der Waals surface area contributed by atoms with E-state index in [9.17, 15) is 4.79 Å². The molecule has 2 unspecified atom stereocenters. The summed E-state index contributed by atoms with van der Waals surface area (Å²) < 4.78 is 1.98. The van der Waals surface area contributed by atoms with Gasteiger partial charge in [-0.2, -0.15) is 0 Å². The largest absolute Gasteiger partial charge is 0.337 e. The van der Waals surface area contributed by atoms with Crippen molar-refractivity contribution in [3.05, 3.63) is 29.8 Å². The van der Waals surface area contributed by atoms with Crippen molar-refractivity contribution < 1.29 is 4.79 Å². The van der Waals surface area contributed by atoms with Crippen molar-refractivity contribution in [3.8, 4) is 11.4 Å². The van der Waals surface area contributed by atoms with Gasteiger partial charge in [0.05, 0.1) is 5.75 Å². The molecule has 0 spiro atoms. The van der Waals surface area contributed by atoms with Gasteiger partial charge in [0.1, 0.15) is 0 Å². The molecule has 0 radical (unpaired) electrons. The van der Waals surface area contributed by atoms with Crippen molar-refractivity contribution >= 4 is 17.7 Å². The first kappa shape index (κ1) is 18.0. The Hall–Kier alpha value is -1.82. The topological polar surface area (TPSA) is 51.0 Å². The smallest absolute Gasteiger partial charge is 0.233 e. The van der Waals surface area contributed by atoms with E-state index in [-0.39, 0.29) is 5.91 Å². The highest BCUT2D eigenvalue weighted by Crippen LogP contribution is 2.27. The quantitative estimate of drug-likeness (QED) is 0.783. The lowest BCUT2D eigenvalue weighted by atomic mass is 9.98. The van der Waals surface area contributed by atoms with Crippen LogP contribution in [0.2, 0.25) is 0 Å². The molecular weight excluding hydrogens is 332 g/mol. The first-order valence-electron chi connectivity index (χ1n) is 8.88. The fourth-order valence-corrected chi connectivity index (χ4v) is 4.39. The van der Waals surface area contributed by atoms with E-state index in [1.807, 2.05) is 23.7 Å². The normalized spacial score (nSPS) is 20.7. The number of hydrogen-bond donors (Lipinski definition) is 0. The number of rotatable bonds is 4. The highest BCUT2D eigenvalue weighted by Gasteiger charge is 2.29. The predicted molar refractivity (Wildman–Crippen MR) is 102 cm³/mol. The number of aryl methyl sites for hydroxylation is 1. The van der Waals surface area contributed by atoms with Gasteiger partial charge >= 0.3 is 0 Å². The molecule has 2 atom stereocenters. The Labute approximate surface area is 153 Å². The minimum atomic E-state index is 0.199. The number of carbonyl (C=O) groups is 1. The molecule has 0 aliphatic carbocycles. The zero-order valence-corrected chi connectivity index (χ0v) is 16.2. The van der Waals surface area contributed by atoms with Crippen molar-refractivity contribution in [1.29, 1.82) is 0 Å². The molecule has 2 aromatic rings. The number of nitrogens with zero attached hydrogens (tertiary/aromatic N) is 4. The van der Waals surface area contributed by atoms with Crippen LogP contribution >= 0.6 is 11.8 Å². The first-order valence-corrected chi connectivity index (χ1v) is 9.87. The Bertz CT molecular complexity index is 748. The van der Waals surface area contributed by atoms with Crippen LogP contribution in [0.25, 0.3) is 11.4 Å². The van der Waals surface area contributed by atoms with E-state index in [1.54, 1.807) is 0 Å². The number of amides is 1. The summed E-state index contributed by atoms with van der Waals surface area (Å²) in [5.41, 5.74) is 2.25. The summed E-state index contributed by atoms with van der Waals surface area (Å²) in [6, 6.07) is 8.81. The summed E-state index contributed by atoms with van der Waals surface area (Å²) in [5, 5.41) is 9.41. The van der Waals surface area contributed by atoms with E-state index in [4.69, 9.17) is 0 Å². The van der Waals surface area contributed by atoms with Crippen molar-refractivity contribution in [2.75, 3.05) is 5.75 Å². The molecule has 0 bridgehead atoms. The van der Waals surface area contributed by atoms with Crippen LogP contribution in [0.1, 0.15) is 38.7 Å². The molecule has 1 saturated heterocycles. The van der Waals surface area contributed by atoms with Gasteiger partial charge in [0.15, 0.2) is 11.0 Å². The summed E-state index contributed by atoms with van der Waals surface area (Å²) in [7, 11) is 1.96. The van der Waals surface area contributed by atoms with Crippen molar-refractivity contribution in [3.63, 3.8) is 0 Å². The van der Waals surface area contributed by atoms with Gasteiger partial charge in [0.25, 0.3) is 0 Å². The zero-order valence-electron chi connectivity index (χ0n) is 15.4. The van der Waals surface area contributed by atoms with Crippen LogP contribution in [0.4, 0.5) is 0 Å². The Morgan fingerprint density at radius 2 is 1.88 bits per heavy atom. The minimum absolute atomic E-state index is 0.199. The van der Waals surface area contributed by atoms with Crippen molar-refractivity contribution in [2.24, 2.45) is 7.05 Å². The van der Waals surface area contributed by atoms with Crippen LogP contribution in [0.15, 0.2) is 29.4 Å². The molecular formula is C19H26N4OS. The molecule has 1 amide bonds. The number of piperidine rings is 1. The Morgan fingerprint density at radius 3 is 2.56 bits per heavy atom. The predicted octanol–water partition coefficient (Wildman–Crippen LogP) is 3.67. The van der Waals surface area contributed by atoms with Gasteiger partial charge in [0, 0.05) is 24.7 Å². The maximum atomic E-state index is 12.7. The van der Waals surface area contributed by atoms with E-state index in [2.05, 4.69) is 48.0 Å². The van der Waals surface area contributed by atoms with Crippen molar-refractivity contribution in [1.82, 2.24) is 19.7 Å². The maximum absolute atomic E-state index is 12.7. The molecule has 5 nitrogen and oxygen atoms in total. The average Bonchev–Trinajstić information content (AvgIpc) is 2.94. The van der Waals surface area contributed by atoms with Gasteiger partial charge in [-0.05, 0) is 45.6 Å². The third-order valence-corrected chi connectivity index (χ3v) is 6.03. The number of hydrogen-bond acceptors (Lipinski definition) is 4. The average molecular weight is 359 g/mol. The van der Waals surface area contributed by atoms with Gasteiger partial charge in [-0.15, -0.1) is 10.2 Å². The molecule has 1 aliphatic rings. The summed E-state index contributed by atoms with van der Waals surface area (Å²) in [5.74, 6) is 1.45. The van der Waals surface area contributed by atoms with Gasteiger partial charge in [0.2, 0.25) is 5.91 Å². The third kappa shape index (κ3) is 3.73. The summed E-state index contributed by atoms with van der Waals surface area (Å²) >= 11 is 1.47. The molecule has 25 heavy (non-hydrogen) atoms. The lowest BCUT2D eigenvalue weighted by Crippen LogP contribution is -2.48. The second kappa shape index (κ2) is 7.60. The Morgan fingerprint density at radius 1 is 1.20 bits per heavy atom. The number of benzene rings is 1. The van der Waals surface area contributed by atoms with Crippen LogP contribution in [-0.2, 0) is 11.8 Å². The van der Waals surface area contributed by atoms with Gasteiger partial charge in [-0.1, -0.05) is 36.0 Å². The summed E-state index contributed by atoms with van der Waals surface area (Å²) in [6.45, 7) is 6.37. The Kier molecular flexibility index (Phi) is 5.47. The monoisotopic (exact) mass is 358 g/mol.